The van der Waals surface area contributed by atoms with Gasteiger partial charge >= 0.3 is 6.18 Å². The Balaban J connectivity index is 3.56. The summed E-state index contributed by atoms with van der Waals surface area (Å²) in [7, 11) is 0. The van der Waals surface area contributed by atoms with Crippen molar-refractivity contribution in [2.75, 3.05) is 0 Å². The predicted molar refractivity (Wildman–Crippen MR) is 35.3 cm³/mol. The molecule has 0 aromatic carbocycles. The van der Waals surface area contributed by atoms with Gasteiger partial charge in [0.15, 0.2) is 3.79 Å². The molecule has 0 bridgehead atoms. The Morgan fingerprint density at radius 1 is 1.10 bits per heavy atom. The summed E-state index contributed by atoms with van der Waals surface area (Å²) >= 11 is 15.1. The Hall–Kier alpha value is 0.660. The molecule has 0 N–H and O–H groups in total. The standard InChI is InChI=1S/C4H3Cl3F3/c5-3(6,7)1-2-4(8,9)10/h2H,1H2. The summed E-state index contributed by atoms with van der Waals surface area (Å²) in [6.07, 6.45) is -4.99. The van der Waals surface area contributed by atoms with Crippen LogP contribution in [0.5, 0.6) is 0 Å². The smallest absolute Gasteiger partial charge is 0.171 e. The van der Waals surface area contributed by atoms with Crippen LogP contribution >= 0.6 is 34.8 Å². The van der Waals surface area contributed by atoms with Crippen molar-refractivity contribution in [3.8, 4) is 0 Å². The van der Waals surface area contributed by atoms with Gasteiger partial charge in [0.05, 0.1) is 6.42 Å². The fourth-order valence-electron chi connectivity index (χ4n) is 0.231. The van der Waals surface area contributed by atoms with Crippen molar-refractivity contribution in [1.29, 1.82) is 0 Å². The number of alkyl halides is 6. The molecule has 0 aliphatic rings. The Morgan fingerprint density at radius 3 is 1.60 bits per heavy atom. The summed E-state index contributed by atoms with van der Waals surface area (Å²) < 4.78 is 32.2. The minimum absolute atomic E-state index is 0. The minimum Gasteiger partial charge on any atom is -0.171 e. The van der Waals surface area contributed by atoms with Crippen LogP contribution in [0.4, 0.5) is 13.2 Å². The summed E-state index contributed by atoms with van der Waals surface area (Å²) in [5.41, 5.74) is 0. The lowest BCUT2D eigenvalue weighted by Crippen LogP contribution is -2.13. The minimum atomic E-state index is -4.37. The topological polar surface area (TPSA) is 0 Å². The first-order valence-electron chi connectivity index (χ1n) is 2.18. The third-order valence-electron chi connectivity index (χ3n) is 0.565. The zero-order valence-corrected chi connectivity index (χ0v) is 6.82. The Bertz CT molecular complexity index is 89.3. The van der Waals surface area contributed by atoms with Crippen molar-refractivity contribution < 1.29 is 13.2 Å². The van der Waals surface area contributed by atoms with E-state index in [2.05, 4.69) is 0 Å². The Morgan fingerprint density at radius 2 is 1.50 bits per heavy atom. The maximum Gasteiger partial charge on any atom is 0.392 e. The van der Waals surface area contributed by atoms with Gasteiger partial charge in [-0.15, -0.1) is 0 Å². The molecule has 0 spiro atoms. The van der Waals surface area contributed by atoms with Gasteiger partial charge in [-0.05, 0) is 0 Å². The quantitative estimate of drug-likeness (QED) is 0.586. The zero-order chi connectivity index (χ0) is 8.41. The molecule has 0 unspecified atom stereocenters. The molecule has 0 aromatic rings. The van der Waals surface area contributed by atoms with E-state index in [1.165, 1.54) is 0 Å². The lowest BCUT2D eigenvalue weighted by Gasteiger charge is -2.11. The van der Waals surface area contributed by atoms with Crippen LogP contribution in [0.1, 0.15) is 6.42 Å². The summed E-state index contributed by atoms with van der Waals surface area (Å²) in [5.74, 6) is 0. The van der Waals surface area contributed by atoms with E-state index in [0.717, 1.165) is 0 Å². The maximum absolute atomic E-state index is 11.4. The predicted octanol–water partition coefficient (Wildman–Crippen LogP) is 3.51. The largest absolute Gasteiger partial charge is 0.392 e. The van der Waals surface area contributed by atoms with Gasteiger partial charge in [-0.2, -0.15) is 13.2 Å². The molecule has 0 saturated carbocycles. The number of rotatable bonds is 1. The summed E-state index contributed by atoms with van der Waals surface area (Å²) in [6, 6.07) is 0. The van der Waals surface area contributed by atoms with Crippen LogP contribution in [0.2, 0.25) is 0 Å². The van der Waals surface area contributed by atoms with Crippen molar-refractivity contribution >= 4 is 34.8 Å². The average Bonchev–Trinajstić information content (AvgIpc) is 1.57. The van der Waals surface area contributed by atoms with Crippen LogP contribution in [0.3, 0.4) is 0 Å². The van der Waals surface area contributed by atoms with Gasteiger partial charge in [0.2, 0.25) is 0 Å². The van der Waals surface area contributed by atoms with E-state index < -0.39 is 16.4 Å². The van der Waals surface area contributed by atoms with E-state index >= 15 is 0 Å². The van der Waals surface area contributed by atoms with E-state index in [0.29, 0.717) is 0 Å². The van der Waals surface area contributed by atoms with E-state index in [1.807, 2.05) is 0 Å². The normalized spacial score (nSPS) is 13.8. The second-order valence-electron chi connectivity index (χ2n) is 1.57. The highest BCUT2D eigenvalue weighted by Gasteiger charge is 2.32. The van der Waals surface area contributed by atoms with E-state index in [4.69, 9.17) is 34.8 Å². The van der Waals surface area contributed by atoms with Gasteiger partial charge in [0, 0.05) is 6.42 Å². The molecule has 0 saturated heterocycles. The lowest BCUT2D eigenvalue weighted by molar-refractivity contribution is -0.0981. The van der Waals surface area contributed by atoms with Crippen LogP contribution in [0.15, 0.2) is 0 Å². The SMILES string of the molecule is FC(F)(F)[CH]CC(Cl)(Cl)Cl. The first-order chi connectivity index (χ1) is 4.21. The highest BCUT2D eigenvalue weighted by Crippen LogP contribution is 2.34. The van der Waals surface area contributed by atoms with Gasteiger partial charge < -0.3 is 0 Å². The molecule has 0 rings (SSSR count). The van der Waals surface area contributed by atoms with Crippen LogP contribution in [-0.2, 0) is 0 Å². The summed E-state index contributed by atoms with van der Waals surface area (Å²) in [6.45, 7) is 0. The molecule has 0 aromatic heterocycles. The maximum atomic E-state index is 11.4. The molecule has 61 valence electrons. The zero-order valence-electron chi connectivity index (χ0n) is 4.55. The molecule has 0 nitrogen and oxygen atoms in total. The van der Waals surface area contributed by atoms with Crippen LogP contribution in [-0.4, -0.2) is 9.97 Å². The monoisotopic (exact) mass is 213 g/mol. The van der Waals surface area contributed by atoms with Crippen LogP contribution < -0.4 is 0 Å². The Kier molecular flexibility index (Phi) is 3.59. The van der Waals surface area contributed by atoms with Crippen molar-refractivity contribution in [2.45, 2.75) is 16.4 Å². The molecule has 0 aliphatic heterocycles. The third kappa shape index (κ3) is 8.66. The van der Waals surface area contributed by atoms with E-state index in [1.54, 1.807) is 0 Å². The molecule has 6 heteroatoms. The molecular weight excluding hydrogens is 211 g/mol. The highest BCUT2D eigenvalue weighted by molar-refractivity contribution is 6.67. The van der Waals surface area contributed by atoms with E-state index in [9.17, 15) is 13.2 Å². The molecule has 0 amide bonds. The molecule has 0 atom stereocenters. The number of hydrogen-bond donors (Lipinski definition) is 0. The van der Waals surface area contributed by atoms with Crippen LogP contribution in [0, 0.1) is 6.42 Å². The van der Waals surface area contributed by atoms with Crippen molar-refractivity contribution in [3.05, 3.63) is 6.42 Å². The Labute approximate surface area is 71.2 Å². The van der Waals surface area contributed by atoms with Gasteiger partial charge in [-0.25, -0.2) is 0 Å². The molecule has 0 fully saturated rings. The second kappa shape index (κ2) is 3.37. The van der Waals surface area contributed by atoms with Crippen LogP contribution in [0.25, 0.3) is 0 Å². The van der Waals surface area contributed by atoms with Crippen molar-refractivity contribution in [1.82, 2.24) is 0 Å². The van der Waals surface area contributed by atoms with Gasteiger partial charge in [0.25, 0.3) is 0 Å². The molecule has 0 aliphatic carbocycles. The van der Waals surface area contributed by atoms with E-state index in [-0.39, 0.29) is 6.42 Å². The number of hydrogen-bond acceptors (Lipinski definition) is 0. The molecule has 10 heavy (non-hydrogen) atoms. The first kappa shape index (κ1) is 10.7. The molecular formula is C4H3Cl3F3. The molecule has 0 heterocycles. The summed E-state index contributed by atoms with van der Waals surface area (Å²) in [5, 5.41) is 0. The lowest BCUT2D eigenvalue weighted by atomic mass is 10.3. The fraction of sp³-hybridized carbons (Fsp3) is 0.750. The fourth-order valence-corrected chi connectivity index (χ4v) is 0.463. The average molecular weight is 214 g/mol. The second-order valence-corrected chi connectivity index (χ2v) is 4.08. The molecule has 1 radical (unpaired) electrons. The summed E-state index contributed by atoms with van der Waals surface area (Å²) in [4.78, 5) is 0. The van der Waals surface area contributed by atoms with Gasteiger partial charge in [0.1, 0.15) is 0 Å². The number of halogens is 6. The first-order valence-corrected chi connectivity index (χ1v) is 3.32. The van der Waals surface area contributed by atoms with Gasteiger partial charge in [-0.3, -0.25) is 0 Å². The van der Waals surface area contributed by atoms with Crippen molar-refractivity contribution in [3.63, 3.8) is 0 Å². The van der Waals surface area contributed by atoms with Crippen molar-refractivity contribution in [2.24, 2.45) is 0 Å². The van der Waals surface area contributed by atoms with Gasteiger partial charge in [-0.1, -0.05) is 34.8 Å². The third-order valence-corrected chi connectivity index (χ3v) is 1.03. The highest BCUT2D eigenvalue weighted by atomic mass is 35.6.